The van der Waals surface area contributed by atoms with Crippen molar-refractivity contribution >= 4 is 5.91 Å². The summed E-state index contributed by atoms with van der Waals surface area (Å²) in [5.41, 5.74) is 2.09. The lowest BCUT2D eigenvalue weighted by molar-refractivity contribution is 0.0947. The van der Waals surface area contributed by atoms with Crippen molar-refractivity contribution in [1.29, 1.82) is 0 Å². The molecule has 0 aliphatic heterocycles. The SMILES string of the molecule is Cc1nc(C)c(C(=O)NCC(C)C)c(C)n1. The van der Waals surface area contributed by atoms with Crippen molar-refractivity contribution < 1.29 is 4.79 Å². The molecule has 1 amide bonds. The van der Waals surface area contributed by atoms with E-state index < -0.39 is 0 Å². The van der Waals surface area contributed by atoms with Gasteiger partial charge in [0.1, 0.15) is 5.82 Å². The van der Waals surface area contributed by atoms with Crippen LogP contribution in [0.4, 0.5) is 0 Å². The van der Waals surface area contributed by atoms with E-state index >= 15 is 0 Å². The summed E-state index contributed by atoms with van der Waals surface area (Å²) in [7, 11) is 0. The van der Waals surface area contributed by atoms with Gasteiger partial charge < -0.3 is 5.32 Å². The number of rotatable bonds is 3. The number of amides is 1. The number of hydrogen-bond donors (Lipinski definition) is 1. The van der Waals surface area contributed by atoms with E-state index in [-0.39, 0.29) is 5.91 Å². The van der Waals surface area contributed by atoms with Crippen molar-refractivity contribution in [3.8, 4) is 0 Å². The Balaban J connectivity index is 2.91. The number of nitrogens with zero attached hydrogens (tertiary/aromatic N) is 2. The molecule has 1 aromatic rings. The Labute approximate surface area is 96.5 Å². The molecule has 1 rings (SSSR count). The fourth-order valence-electron chi connectivity index (χ4n) is 1.60. The molecule has 0 atom stereocenters. The molecule has 0 saturated carbocycles. The molecule has 4 nitrogen and oxygen atoms in total. The fraction of sp³-hybridized carbons (Fsp3) is 0.583. The summed E-state index contributed by atoms with van der Waals surface area (Å²) in [5.74, 6) is 1.06. The zero-order valence-electron chi connectivity index (χ0n) is 10.6. The lowest BCUT2D eigenvalue weighted by Crippen LogP contribution is -2.29. The van der Waals surface area contributed by atoms with Crippen molar-refractivity contribution in [2.45, 2.75) is 34.6 Å². The van der Waals surface area contributed by atoms with Gasteiger partial charge in [-0.25, -0.2) is 9.97 Å². The van der Waals surface area contributed by atoms with Crippen LogP contribution in [0.3, 0.4) is 0 Å². The predicted octanol–water partition coefficient (Wildman–Crippen LogP) is 1.79. The van der Waals surface area contributed by atoms with Crippen molar-refractivity contribution in [1.82, 2.24) is 15.3 Å². The van der Waals surface area contributed by atoms with Gasteiger partial charge in [0, 0.05) is 6.54 Å². The van der Waals surface area contributed by atoms with Crippen LogP contribution in [-0.2, 0) is 0 Å². The summed E-state index contributed by atoms with van der Waals surface area (Å²) in [4.78, 5) is 20.3. The Morgan fingerprint density at radius 1 is 1.19 bits per heavy atom. The average molecular weight is 221 g/mol. The first-order chi connectivity index (χ1) is 7.41. The van der Waals surface area contributed by atoms with Gasteiger partial charge in [0.05, 0.1) is 17.0 Å². The van der Waals surface area contributed by atoms with Crippen LogP contribution < -0.4 is 5.32 Å². The van der Waals surface area contributed by atoms with E-state index in [1.807, 2.05) is 20.8 Å². The van der Waals surface area contributed by atoms with Crippen LogP contribution in [0.5, 0.6) is 0 Å². The highest BCUT2D eigenvalue weighted by molar-refractivity contribution is 5.96. The molecule has 4 heteroatoms. The van der Waals surface area contributed by atoms with Crippen LogP contribution in [-0.4, -0.2) is 22.4 Å². The average Bonchev–Trinajstić information content (AvgIpc) is 2.12. The monoisotopic (exact) mass is 221 g/mol. The lowest BCUT2D eigenvalue weighted by atomic mass is 10.1. The standard InChI is InChI=1S/C12H19N3O/c1-7(2)6-13-12(16)11-8(3)14-10(5)15-9(11)4/h7H,6H2,1-5H3,(H,13,16). The number of hydrogen-bond acceptors (Lipinski definition) is 3. The van der Waals surface area contributed by atoms with Crippen LogP contribution in [0.2, 0.25) is 0 Å². The molecule has 88 valence electrons. The maximum atomic E-state index is 11.9. The van der Waals surface area contributed by atoms with E-state index in [9.17, 15) is 4.79 Å². The molecule has 1 N–H and O–H groups in total. The number of aromatic nitrogens is 2. The van der Waals surface area contributed by atoms with Gasteiger partial charge in [-0.15, -0.1) is 0 Å². The molecule has 0 saturated heterocycles. The van der Waals surface area contributed by atoms with Crippen LogP contribution in [0, 0.1) is 26.7 Å². The first kappa shape index (κ1) is 12.6. The maximum absolute atomic E-state index is 11.9. The van der Waals surface area contributed by atoms with Gasteiger partial charge in [-0.05, 0) is 26.7 Å². The second-order valence-corrected chi connectivity index (χ2v) is 4.42. The minimum atomic E-state index is -0.0799. The highest BCUT2D eigenvalue weighted by atomic mass is 16.1. The highest BCUT2D eigenvalue weighted by Gasteiger charge is 2.14. The van der Waals surface area contributed by atoms with Crippen LogP contribution in [0.1, 0.15) is 41.4 Å². The third kappa shape index (κ3) is 3.02. The van der Waals surface area contributed by atoms with E-state index in [1.165, 1.54) is 0 Å². The Hall–Kier alpha value is -1.45. The highest BCUT2D eigenvalue weighted by Crippen LogP contribution is 2.09. The quantitative estimate of drug-likeness (QED) is 0.846. The van der Waals surface area contributed by atoms with Crippen molar-refractivity contribution in [2.75, 3.05) is 6.54 Å². The van der Waals surface area contributed by atoms with E-state index in [1.54, 1.807) is 0 Å². The first-order valence-electron chi connectivity index (χ1n) is 5.52. The predicted molar refractivity (Wildman–Crippen MR) is 63.4 cm³/mol. The largest absolute Gasteiger partial charge is 0.352 e. The van der Waals surface area contributed by atoms with Gasteiger partial charge in [0.2, 0.25) is 0 Å². The van der Waals surface area contributed by atoms with Gasteiger partial charge >= 0.3 is 0 Å². The van der Waals surface area contributed by atoms with E-state index in [2.05, 4.69) is 29.1 Å². The summed E-state index contributed by atoms with van der Waals surface area (Å²) in [5, 5.41) is 2.88. The molecule has 0 aliphatic carbocycles. The number of nitrogens with one attached hydrogen (secondary N) is 1. The smallest absolute Gasteiger partial charge is 0.254 e. The maximum Gasteiger partial charge on any atom is 0.254 e. The molecule has 1 heterocycles. The molecule has 16 heavy (non-hydrogen) atoms. The van der Waals surface area contributed by atoms with Gasteiger partial charge in [0.25, 0.3) is 5.91 Å². The normalized spacial score (nSPS) is 10.6. The fourth-order valence-corrected chi connectivity index (χ4v) is 1.60. The number of carbonyl (C=O) groups excluding carboxylic acids is 1. The van der Waals surface area contributed by atoms with Crippen LogP contribution in [0.15, 0.2) is 0 Å². The number of carbonyl (C=O) groups is 1. The summed E-state index contributed by atoms with van der Waals surface area (Å²) >= 11 is 0. The molecule has 0 unspecified atom stereocenters. The summed E-state index contributed by atoms with van der Waals surface area (Å²) in [6.07, 6.45) is 0. The van der Waals surface area contributed by atoms with Gasteiger partial charge in [0.15, 0.2) is 0 Å². The van der Waals surface area contributed by atoms with E-state index in [0.717, 1.165) is 11.4 Å². The second kappa shape index (κ2) is 5.05. The van der Waals surface area contributed by atoms with Crippen LogP contribution in [0.25, 0.3) is 0 Å². The Kier molecular flexibility index (Phi) is 3.99. The molecular weight excluding hydrogens is 202 g/mol. The summed E-state index contributed by atoms with van der Waals surface area (Å²) in [6.45, 7) is 10.3. The van der Waals surface area contributed by atoms with Crippen LogP contribution >= 0.6 is 0 Å². The number of aryl methyl sites for hydroxylation is 3. The molecule has 0 aliphatic rings. The molecule has 0 bridgehead atoms. The molecule has 0 radical (unpaired) electrons. The minimum absolute atomic E-state index is 0.0799. The second-order valence-electron chi connectivity index (χ2n) is 4.42. The van der Waals surface area contributed by atoms with Gasteiger partial charge in [-0.1, -0.05) is 13.8 Å². The summed E-state index contributed by atoms with van der Waals surface area (Å²) in [6, 6.07) is 0. The van der Waals surface area contributed by atoms with Gasteiger partial charge in [-0.2, -0.15) is 0 Å². The lowest BCUT2D eigenvalue weighted by Gasteiger charge is -2.11. The van der Waals surface area contributed by atoms with E-state index in [4.69, 9.17) is 0 Å². The molecule has 0 spiro atoms. The molecule has 0 aromatic carbocycles. The van der Waals surface area contributed by atoms with Crippen molar-refractivity contribution in [2.24, 2.45) is 5.92 Å². The third-order valence-corrected chi connectivity index (χ3v) is 2.28. The van der Waals surface area contributed by atoms with Crippen molar-refractivity contribution in [3.05, 3.63) is 22.8 Å². The van der Waals surface area contributed by atoms with Gasteiger partial charge in [-0.3, -0.25) is 4.79 Å². The Morgan fingerprint density at radius 3 is 2.12 bits per heavy atom. The van der Waals surface area contributed by atoms with Crippen molar-refractivity contribution in [3.63, 3.8) is 0 Å². The Bertz CT molecular complexity index is 376. The first-order valence-corrected chi connectivity index (χ1v) is 5.52. The topological polar surface area (TPSA) is 54.9 Å². The molecule has 1 aromatic heterocycles. The zero-order chi connectivity index (χ0) is 12.3. The molecular formula is C12H19N3O. The third-order valence-electron chi connectivity index (χ3n) is 2.28. The summed E-state index contributed by atoms with van der Waals surface area (Å²) < 4.78 is 0. The zero-order valence-corrected chi connectivity index (χ0v) is 10.6. The molecule has 0 fully saturated rings. The minimum Gasteiger partial charge on any atom is -0.352 e. The Morgan fingerprint density at radius 2 is 1.69 bits per heavy atom. The van der Waals surface area contributed by atoms with E-state index in [0.29, 0.717) is 23.9 Å².